The fourth-order valence-electron chi connectivity index (χ4n) is 4.31. The second-order valence-electron chi connectivity index (χ2n) is 8.36. The molecular weight excluding hydrogens is 374 g/mol. The summed E-state index contributed by atoms with van der Waals surface area (Å²) in [4.78, 5) is 25.5. The third-order valence-corrected chi connectivity index (χ3v) is 6.09. The van der Waals surface area contributed by atoms with Crippen molar-refractivity contribution in [1.29, 1.82) is 5.26 Å². The Morgan fingerprint density at radius 3 is 2.17 bits per heavy atom. The maximum atomic E-state index is 13.2. The summed E-state index contributed by atoms with van der Waals surface area (Å²) in [5, 5.41) is 14.2. The molecule has 156 valence electrons. The summed E-state index contributed by atoms with van der Waals surface area (Å²) in [6, 6.07) is 16.1. The van der Waals surface area contributed by atoms with Crippen LogP contribution in [0.15, 0.2) is 48.5 Å². The standard InChI is InChI=1S/C25H29N3O2/c1-16(2)18-11-13-19(14-12-18)23(20-8-5-4-7-17(20)3)28-25(30)22-10-6-9-21(22)24(29)27-15-26/h4-5,7-8,11-14,16,21-23H,6,9-10H2,1-3H3,(H,27,29)(H,28,30). The molecule has 0 spiro atoms. The van der Waals surface area contributed by atoms with E-state index in [9.17, 15) is 9.59 Å². The van der Waals surface area contributed by atoms with Gasteiger partial charge in [0.2, 0.25) is 11.8 Å². The Bertz CT molecular complexity index is 944. The third kappa shape index (κ3) is 4.71. The van der Waals surface area contributed by atoms with Gasteiger partial charge in [0.05, 0.1) is 12.0 Å². The van der Waals surface area contributed by atoms with Crippen LogP contribution in [0.1, 0.15) is 67.3 Å². The minimum atomic E-state index is -0.453. The van der Waals surface area contributed by atoms with Gasteiger partial charge in [-0.3, -0.25) is 14.9 Å². The van der Waals surface area contributed by atoms with Crippen LogP contribution in [0.3, 0.4) is 0 Å². The maximum Gasteiger partial charge on any atom is 0.236 e. The number of aryl methyl sites for hydroxylation is 1. The SMILES string of the molecule is Cc1ccccc1C(NC(=O)C1CCCC1C(=O)NC#N)c1ccc(C(C)C)cc1. The molecule has 2 amide bonds. The highest BCUT2D eigenvalue weighted by atomic mass is 16.2. The van der Waals surface area contributed by atoms with Crippen molar-refractivity contribution in [2.45, 2.75) is 52.0 Å². The van der Waals surface area contributed by atoms with Gasteiger partial charge in [-0.05, 0) is 47.9 Å². The van der Waals surface area contributed by atoms with E-state index in [0.29, 0.717) is 18.8 Å². The van der Waals surface area contributed by atoms with Gasteiger partial charge >= 0.3 is 0 Å². The van der Waals surface area contributed by atoms with Gasteiger partial charge < -0.3 is 5.32 Å². The lowest BCUT2D eigenvalue weighted by molar-refractivity contribution is -0.133. The molecule has 0 aliphatic heterocycles. The summed E-state index contributed by atoms with van der Waals surface area (Å²) >= 11 is 0. The van der Waals surface area contributed by atoms with Crippen LogP contribution in [-0.4, -0.2) is 11.8 Å². The zero-order valence-electron chi connectivity index (χ0n) is 17.8. The van der Waals surface area contributed by atoms with Crippen molar-refractivity contribution in [2.75, 3.05) is 0 Å². The number of benzene rings is 2. The maximum absolute atomic E-state index is 13.2. The van der Waals surface area contributed by atoms with E-state index in [1.165, 1.54) is 5.56 Å². The molecule has 3 atom stereocenters. The van der Waals surface area contributed by atoms with Crippen LogP contribution in [0, 0.1) is 30.2 Å². The average molecular weight is 404 g/mol. The molecule has 0 heterocycles. The first-order valence-electron chi connectivity index (χ1n) is 10.6. The number of nitrogens with one attached hydrogen (secondary N) is 2. The molecule has 0 radical (unpaired) electrons. The summed E-state index contributed by atoms with van der Waals surface area (Å²) in [7, 11) is 0. The van der Waals surface area contributed by atoms with Crippen LogP contribution < -0.4 is 10.6 Å². The number of carbonyl (C=O) groups excluding carboxylic acids is 2. The molecule has 2 N–H and O–H groups in total. The highest BCUT2D eigenvalue weighted by Crippen LogP contribution is 2.34. The molecule has 3 rings (SSSR count). The molecule has 30 heavy (non-hydrogen) atoms. The Hall–Kier alpha value is -3.13. The number of amides is 2. The van der Waals surface area contributed by atoms with Crippen molar-refractivity contribution in [3.8, 4) is 6.19 Å². The Morgan fingerprint density at radius 2 is 1.57 bits per heavy atom. The van der Waals surface area contributed by atoms with Crippen LogP contribution in [0.25, 0.3) is 0 Å². The number of nitrogens with zero attached hydrogens (tertiary/aromatic N) is 1. The van der Waals surface area contributed by atoms with E-state index in [2.05, 4.69) is 48.7 Å². The van der Waals surface area contributed by atoms with E-state index < -0.39 is 11.8 Å². The molecule has 5 nitrogen and oxygen atoms in total. The molecule has 1 aliphatic rings. The van der Waals surface area contributed by atoms with Crippen LogP contribution in [0.5, 0.6) is 0 Å². The van der Waals surface area contributed by atoms with Crippen LogP contribution in [-0.2, 0) is 9.59 Å². The number of hydrogen-bond donors (Lipinski definition) is 2. The van der Waals surface area contributed by atoms with Gasteiger partial charge in [-0.15, -0.1) is 0 Å². The van der Waals surface area contributed by atoms with Gasteiger partial charge in [-0.1, -0.05) is 68.8 Å². The fraction of sp³-hybridized carbons (Fsp3) is 0.400. The lowest BCUT2D eigenvalue weighted by Gasteiger charge is -2.25. The summed E-state index contributed by atoms with van der Waals surface area (Å²) < 4.78 is 0. The van der Waals surface area contributed by atoms with Crippen molar-refractivity contribution in [2.24, 2.45) is 11.8 Å². The van der Waals surface area contributed by atoms with Gasteiger partial charge in [-0.2, -0.15) is 5.26 Å². The van der Waals surface area contributed by atoms with Crippen molar-refractivity contribution in [3.05, 3.63) is 70.8 Å². The summed E-state index contributed by atoms with van der Waals surface area (Å²) in [5.74, 6) is -0.926. The fourth-order valence-corrected chi connectivity index (χ4v) is 4.31. The van der Waals surface area contributed by atoms with Gasteiger partial charge in [0.25, 0.3) is 0 Å². The molecule has 5 heteroatoms. The summed E-state index contributed by atoms with van der Waals surface area (Å²) in [6.07, 6.45) is 3.78. The quantitative estimate of drug-likeness (QED) is 0.556. The zero-order valence-corrected chi connectivity index (χ0v) is 17.8. The first kappa shape index (κ1) is 21.6. The van der Waals surface area contributed by atoms with E-state index in [1.807, 2.05) is 31.2 Å². The topological polar surface area (TPSA) is 82.0 Å². The molecule has 0 saturated heterocycles. The Kier molecular flexibility index (Phi) is 6.89. The van der Waals surface area contributed by atoms with E-state index in [4.69, 9.17) is 5.26 Å². The monoisotopic (exact) mass is 403 g/mol. The van der Waals surface area contributed by atoms with Crippen LogP contribution in [0.2, 0.25) is 0 Å². The Morgan fingerprint density at radius 1 is 0.967 bits per heavy atom. The van der Waals surface area contributed by atoms with Crippen molar-refractivity contribution < 1.29 is 9.59 Å². The van der Waals surface area contributed by atoms with E-state index in [-0.39, 0.29) is 17.9 Å². The van der Waals surface area contributed by atoms with Gasteiger partial charge in [-0.25, -0.2) is 0 Å². The Labute approximate surface area is 178 Å². The second kappa shape index (κ2) is 9.58. The van der Waals surface area contributed by atoms with E-state index in [0.717, 1.165) is 23.1 Å². The molecule has 0 bridgehead atoms. The molecule has 2 aromatic rings. The summed E-state index contributed by atoms with van der Waals surface area (Å²) in [5.41, 5.74) is 4.40. The zero-order chi connectivity index (χ0) is 21.7. The minimum absolute atomic E-state index is 0.133. The first-order chi connectivity index (χ1) is 14.4. The van der Waals surface area contributed by atoms with Crippen LogP contribution in [0.4, 0.5) is 0 Å². The average Bonchev–Trinajstić information content (AvgIpc) is 3.23. The number of carbonyl (C=O) groups is 2. The first-order valence-corrected chi connectivity index (χ1v) is 10.6. The summed E-state index contributed by atoms with van der Waals surface area (Å²) in [6.45, 7) is 6.35. The highest BCUT2D eigenvalue weighted by molar-refractivity contribution is 5.89. The van der Waals surface area contributed by atoms with Crippen molar-refractivity contribution in [3.63, 3.8) is 0 Å². The molecule has 0 aromatic heterocycles. The third-order valence-electron chi connectivity index (χ3n) is 6.09. The van der Waals surface area contributed by atoms with Gasteiger partial charge in [0, 0.05) is 5.92 Å². The van der Waals surface area contributed by atoms with E-state index in [1.54, 1.807) is 6.19 Å². The molecule has 1 fully saturated rings. The molecule has 3 unspecified atom stereocenters. The predicted octanol–water partition coefficient (Wildman–Crippen LogP) is 4.34. The van der Waals surface area contributed by atoms with E-state index >= 15 is 0 Å². The minimum Gasteiger partial charge on any atom is -0.345 e. The smallest absolute Gasteiger partial charge is 0.236 e. The van der Waals surface area contributed by atoms with Gasteiger partial charge in [0.15, 0.2) is 6.19 Å². The predicted molar refractivity (Wildman–Crippen MR) is 116 cm³/mol. The van der Waals surface area contributed by atoms with Gasteiger partial charge in [0.1, 0.15) is 0 Å². The normalized spacial score (nSPS) is 19.2. The molecular formula is C25H29N3O2. The lowest BCUT2D eigenvalue weighted by Crippen LogP contribution is -2.40. The Balaban J connectivity index is 1.89. The molecule has 2 aromatic carbocycles. The number of rotatable bonds is 6. The van der Waals surface area contributed by atoms with Crippen molar-refractivity contribution in [1.82, 2.24) is 10.6 Å². The molecule has 1 aliphatic carbocycles. The number of nitriles is 1. The number of hydrogen-bond acceptors (Lipinski definition) is 3. The lowest BCUT2D eigenvalue weighted by atomic mass is 9.90. The van der Waals surface area contributed by atoms with Crippen LogP contribution >= 0.6 is 0 Å². The highest BCUT2D eigenvalue weighted by Gasteiger charge is 2.38. The second-order valence-corrected chi connectivity index (χ2v) is 8.36. The van der Waals surface area contributed by atoms with Crippen molar-refractivity contribution >= 4 is 11.8 Å². The molecule has 1 saturated carbocycles. The largest absolute Gasteiger partial charge is 0.345 e.